The zero-order valence-corrected chi connectivity index (χ0v) is 11.2. The second-order valence-electron chi connectivity index (χ2n) is 4.13. The van der Waals surface area contributed by atoms with Gasteiger partial charge < -0.3 is 14.6 Å². The summed E-state index contributed by atoms with van der Waals surface area (Å²) in [5.74, 6) is 0.901. The number of aromatic nitrogens is 3. The van der Waals surface area contributed by atoms with E-state index in [-0.39, 0.29) is 5.91 Å². The Kier molecular flexibility index (Phi) is 2.91. The van der Waals surface area contributed by atoms with Crippen molar-refractivity contribution >= 4 is 33.3 Å². The van der Waals surface area contributed by atoms with Crippen molar-refractivity contribution in [3.8, 4) is 0 Å². The minimum atomic E-state index is 0.0897. The number of anilines is 1. The van der Waals surface area contributed by atoms with Crippen LogP contribution in [0.3, 0.4) is 0 Å². The van der Waals surface area contributed by atoms with E-state index in [0.717, 1.165) is 22.6 Å². The molecule has 0 unspecified atom stereocenters. The molecule has 0 saturated carbocycles. The van der Waals surface area contributed by atoms with Crippen LogP contribution in [0, 0.1) is 0 Å². The summed E-state index contributed by atoms with van der Waals surface area (Å²) >= 11 is 3.40. The van der Waals surface area contributed by atoms with Crippen molar-refractivity contribution in [3.05, 3.63) is 23.2 Å². The van der Waals surface area contributed by atoms with Crippen LogP contribution in [0.15, 0.2) is 23.2 Å². The summed E-state index contributed by atoms with van der Waals surface area (Å²) in [7, 11) is 0. The Hall–Kier alpha value is -1.63. The monoisotopic (exact) mass is 309 g/mol. The number of amides is 1. The van der Waals surface area contributed by atoms with Crippen LogP contribution in [0.25, 0.3) is 5.65 Å². The third kappa shape index (κ3) is 2.05. The van der Waals surface area contributed by atoms with E-state index in [4.69, 9.17) is 0 Å². The first kappa shape index (κ1) is 11.5. The van der Waals surface area contributed by atoms with E-state index >= 15 is 0 Å². The molecular formula is C11H12BrN5O. The second-order valence-corrected chi connectivity index (χ2v) is 4.94. The molecule has 2 aromatic heterocycles. The normalized spacial score (nSPS) is 16.7. The summed E-state index contributed by atoms with van der Waals surface area (Å²) in [5.41, 5.74) is 0.813. The lowest BCUT2D eigenvalue weighted by Gasteiger charge is -2.21. The smallest absolute Gasteiger partial charge is 0.221 e. The molecule has 1 aliphatic heterocycles. The van der Waals surface area contributed by atoms with E-state index in [0.29, 0.717) is 19.5 Å². The first-order chi connectivity index (χ1) is 8.74. The Morgan fingerprint density at radius 1 is 1.39 bits per heavy atom. The first-order valence-electron chi connectivity index (χ1n) is 5.75. The maximum absolute atomic E-state index is 11.4. The van der Waals surface area contributed by atoms with E-state index in [2.05, 4.69) is 36.1 Å². The Balaban J connectivity index is 2.02. The molecule has 1 amide bonds. The van der Waals surface area contributed by atoms with Gasteiger partial charge in [0, 0.05) is 44.6 Å². The average molecular weight is 310 g/mol. The molecule has 94 valence electrons. The SMILES string of the molecule is O=C1CCN(c2nc(Br)cn3ccnc23)CCN1. The van der Waals surface area contributed by atoms with Crippen molar-refractivity contribution in [1.82, 2.24) is 19.7 Å². The molecule has 2 aromatic rings. The standard InChI is InChI=1S/C11H12BrN5O/c12-8-7-17-6-3-14-10(17)11(15-8)16-4-1-9(18)13-2-5-16/h3,6-7H,1-2,4-5H2,(H,13,18). The van der Waals surface area contributed by atoms with Crippen molar-refractivity contribution in [2.45, 2.75) is 6.42 Å². The van der Waals surface area contributed by atoms with Gasteiger partial charge in [0.1, 0.15) is 4.60 Å². The first-order valence-corrected chi connectivity index (χ1v) is 6.54. The molecule has 3 heterocycles. The Morgan fingerprint density at radius 2 is 2.28 bits per heavy atom. The Labute approximate surface area is 112 Å². The molecule has 6 nitrogen and oxygen atoms in total. The van der Waals surface area contributed by atoms with Crippen LogP contribution in [0.1, 0.15) is 6.42 Å². The second kappa shape index (κ2) is 4.56. The van der Waals surface area contributed by atoms with Crippen LogP contribution < -0.4 is 10.2 Å². The molecule has 0 aromatic carbocycles. The number of carbonyl (C=O) groups is 1. The summed E-state index contributed by atoms with van der Waals surface area (Å²) < 4.78 is 2.68. The number of hydrogen-bond donors (Lipinski definition) is 1. The van der Waals surface area contributed by atoms with Gasteiger partial charge in [-0.1, -0.05) is 0 Å². The van der Waals surface area contributed by atoms with Gasteiger partial charge in [0.2, 0.25) is 5.91 Å². The molecule has 1 aliphatic rings. The van der Waals surface area contributed by atoms with E-state index in [1.54, 1.807) is 6.20 Å². The van der Waals surface area contributed by atoms with Crippen molar-refractivity contribution in [2.75, 3.05) is 24.5 Å². The lowest BCUT2D eigenvalue weighted by Crippen LogP contribution is -2.29. The number of halogens is 1. The van der Waals surface area contributed by atoms with E-state index in [9.17, 15) is 4.79 Å². The van der Waals surface area contributed by atoms with Gasteiger partial charge >= 0.3 is 0 Å². The van der Waals surface area contributed by atoms with Crippen molar-refractivity contribution in [2.24, 2.45) is 0 Å². The lowest BCUT2D eigenvalue weighted by atomic mass is 10.4. The summed E-state index contributed by atoms with van der Waals surface area (Å²) in [6.07, 6.45) is 5.98. The summed E-state index contributed by atoms with van der Waals surface area (Å²) in [5, 5.41) is 2.85. The number of imidazole rings is 1. The topological polar surface area (TPSA) is 62.5 Å². The van der Waals surface area contributed by atoms with Gasteiger partial charge in [-0.2, -0.15) is 0 Å². The van der Waals surface area contributed by atoms with E-state index in [1.165, 1.54) is 0 Å². The number of rotatable bonds is 1. The highest BCUT2D eigenvalue weighted by Crippen LogP contribution is 2.21. The quantitative estimate of drug-likeness (QED) is 0.847. The molecule has 0 radical (unpaired) electrons. The van der Waals surface area contributed by atoms with Crippen LogP contribution in [-0.2, 0) is 4.79 Å². The highest BCUT2D eigenvalue weighted by Gasteiger charge is 2.18. The molecule has 3 rings (SSSR count). The molecule has 1 N–H and O–H groups in total. The van der Waals surface area contributed by atoms with Gasteiger partial charge in [-0.3, -0.25) is 4.79 Å². The molecule has 1 fully saturated rings. The minimum absolute atomic E-state index is 0.0897. The van der Waals surface area contributed by atoms with Gasteiger partial charge in [-0.25, -0.2) is 9.97 Å². The highest BCUT2D eigenvalue weighted by molar-refractivity contribution is 9.10. The van der Waals surface area contributed by atoms with Gasteiger partial charge in [-0.05, 0) is 15.9 Å². The molecule has 0 spiro atoms. The van der Waals surface area contributed by atoms with Crippen molar-refractivity contribution < 1.29 is 4.79 Å². The average Bonchev–Trinajstić information content (AvgIpc) is 2.70. The largest absolute Gasteiger partial charge is 0.354 e. The van der Waals surface area contributed by atoms with Crippen molar-refractivity contribution in [1.29, 1.82) is 0 Å². The number of hydrogen-bond acceptors (Lipinski definition) is 4. The van der Waals surface area contributed by atoms with Gasteiger partial charge in [-0.15, -0.1) is 0 Å². The fourth-order valence-corrected chi connectivity index (χ4v) is 2.46. The molecule has 0 atom stereocenters. The van der Waals surface area contributed by atoms with Crippen LogP contribution >= 0.6 is 15.9 Å². The fraction of sp³-hybridized carbons (Fsp3) is 0.364. The van der Waals surface area contributed by atoms with Crippen molar-refractivity contribution in [3.63, 3.8) is 0 Å². The van der Waals surface area contributed by atoms with Gasteiger partial charge in [0.25, 0.3) is 0 Å². The van der Waals surface area contributed by atoms with Crippen LogP contribution in [0.4, 0.5) is 5.82 Å². The predicted molar refractivity (Wildman–Crippen MR) is 70.5 cm³/mol. The number of carbonyl (C=O) groups excluding carboxylic acids is 1. The van der Waals surface area contributed by atoms with Crippen LogP contribution in [0.2, 0.25) is 0 Å². The third-order valence-electron chi connectivity index (χ3n) is 2.94. The molecular weight excluding hydrogens is 298 g/mol. The zero-order chi connectivity index (χ0) is 12.5. The molecule has 18 heavy (non-hydrogen) atoms. The van der Waals surface area contributed by atoms with E-state index in [1.807, 2.05) is 16.8 Å². The predicted octanol–water partition coefficient (Wildman–Crippen LogP) is 0.818. The molecule has 7 heteroatoms. The summed E-state index contributed by atoms with van der Waals surface area (Å²) in [6.45, 7) is 2.05. The summed E-state index contributed by atoms with van der Waals surface area (Å²) in [6, 6.07) is 0. The number of fused-ring (bicyclic) bond motifs is 1. The lowest BCUT2D eigenvalue weighted by molar-refractivity contribution is -0.120. The zero-order valence-electron chi connectivity index (χ0n) is 9.64. The third-order valence-corrected chi connectivity index (χ3v) is 3.32. The highest BCUT2D eigenvalue weighted by atomic mass is 79.9. The summed E-state index contributed by atoms with van der Waals surface area (Å²) in [4.78, 5) is 22.2. The Morgan fingerprint density at radius 3 is 3.17 bits per heavy atom. The number of nitrogens with zero attached hydrogens (tertiary/aromatic N) is 4. The maximum atomic E-state index is 11.4. The van der Waals surface area contributed by atoms with E-state index < -0.39 is 0 Å². The minimum Gasteiger partial charge on any atom is -0.354 e. The molecule has 0 aliphatic carbocycles. The Bertz CT molecular complexity index is 596. The van der Waals surface area contributed by atoms with Gasteiger partial charge in [0.05, 0.1) is 0 Å². The molecule has 1 saturated heterocycles. The number of nitrogens with one attached hydrogen (secondary N) is 1. The van der Waals surface area contributed by atoms with Crippen LogP contribution in [0.5, 0.6) is 0 Å². The fourth-order valence-electron chi connectivity index (χ4n) is 2.08. The maximum Gasteiger partial charge on any atom is 0.221 e. The van der Waals surface area contributed by atoms with Gasteiger partial charge in [0.15, 0.2) is 11.5 Å². The van der Waals surface area contributed by atoms with Crippen LogP contribution in [-0.4, -0.2) is 39.9 Å². The molecule has 0 bridgehead atoms.